The lowest BCUT2D eigenvalue weighted by Crippen LogP contribution is -2.38. The molecule has 0 radical (unpaired) electrons. The van der Waals surface area contributed by atoms with Crippen molar-refractivity contribution in [2.45, 2.75) is 39.7 Å². The number of carboxylic acid groups (broad SMARTS) is 1. The lowest BCUT2D eigenvalue weighted by molar-refractivity contribution is -0.137. The second kappa shape index (κ2) is 6.39. The van der Waals surface area contributed by atoms with E-state index in [0.29, 0.717) is 15.6 Å². The molecule has 6 heteroatoms. The van der Waals surface area contributed by atoms with Crippen LogP contribution in [-0.2, 0) is 4.79 Å². The van der Waals surface area contributed by atoms with Crippen molar-refractivity contribution in [1.29, 1.82) is 0 Å². The van der Waals surface area contributed by atoms with Crippen molar-refractivity contribution in [3.8, 4) is 0 Å². The number of thiophene rings is 1. The van der Waals surface area contributed by atoms with Gasteiger partial charge in [0.15, 0.2) is 0 Å². The minimum absolute atomic E-state index is 0.0551. The van der Waals surface area contributed by atoms with Crippen LogP contribution in [0.15, 0.2) is 12.1 Å². The van der Waals surface area contributed by atoms with Crippen LogP contribution in [0.25, 0.3) is 0 Å². The van der Waals surface area contributed by atoms with Gasteiger partial charge in [-0.05, 0) is 24.0 Å². The molecule has 0 aromatic carbocycles. The Bertz CT molecular complexity index is 465. The average Bonchev–Trinajstić information content (AvgIpc) is 2.60. The van der Waals surface area contributed by atoms with Gasteiger partial charge in [-0.3, -0.25) is 9.59 Å². The number of aliphatic carboxylic acids is 1. The first kappa shape index (κ1) is 16.0. The summed E-state index contributed by atoms with van der Waals surface area (Å²) >= 11 is 6.96. The van der Waals surface area contributed by atoms with Crippen molar-refractivity contribution in [3.63, 3.8) is 0 Å². The van der Waals surface area contributed by atoms with Gasteiger partial charge < -0.3 is 10.4 Å². The monoisotopic (exact) mass is 303 g/mol. The molecule has 1 rings (SSSR count). The summed E-state index contributed by atoms with van der Waals surface area (Å²) in [7, 11) is 0. The van der Waals surface area contributed by atoms with Crippen LogP contribution in [0.5, 0.6) is 0 Å². The van der Waals surface area contributed by atoms with E-state index in [4.69, 9.17) is 16.7 Å². The third kappa shape index (κ3) is 6.07. The molecule has 1 aromatic rings. The van der Waals surface area contributed by atoms with Crippen molar-refractivity contribution in [2.24, 2.45) is 5.41 Å². The van der Waals surface area contributed by atoms with Crippen molar-refractivity contribution in [3.05, 3.63) is 21.3 Å². The lowest BCUT2D eigenvalue weighted by Gasteiger charge is -2.25. The molecule has 2 N–H and O–H groups in total. The number of rotatable bonds is 5. The van der Waals surface area contributed by atoms with E-state index < -0.39 is 5.97 Å². The molecular formula is C13H18ClNO3S. The van der Waals surface area contributed by atoms with Gasteiger partial charge in [0, 0.05) is 6.04 Å². The van der Waals surface area contributed by atoms with Crippen LogP contribution in [0.3, 0.4) is 0 Å². The summed E-state index contributed by atoms with van der Waals surface area (Å²) in [4.78, 5) is 23.3. The van der Waals surface area contributed by atoms with E-state index in [2.05, 4.69) is 5.32 Å². The molecule has 4 nitrogen and oxygen atoms in total. The van der Waals surface area contributed by atoms with Crippen LogP contribution in [0.4, 0.5) is 0 Å². The Morgan fingerprint density at radius 2 is 2.05 bits per heavy atom. The van der Waals surface area contributed by atoms with Gasteiger partial charge in [0.2, 0.25) is 0 Å². The third-order valence-corrected chi connectivity index (χ3v) is 3.64. The first-order chi connectivity index (χ1) is 8.67. The summed E-state index contributed by atoms with van der Waals surface area (Å²) in [5, 5.41) is 11.7. The van der Waals surface area contributed by atoms with E-state index in [1.165, 1.54) is 11.3 Å². The Morgan fingerprint density at radius 3 is 2.47 bits per heavy atom. The average molecular weight is 304 g/mol. The number of carbonyl (C=O) groups is 2. The summed E-state index contributed by atoms with van der Waals surface area (Å²) in [6.07, 6.45) is 0.520. The van der Waals surface area contributed by atoms with Gasteiger partial charge in [-0.1, -0.05) is 32.4 Å². The Labute approximate surface area is 121 Å². The minimum Gasteiger partial charge on any atom is -0.481 e. The van der Waals surface area contributed by atoms with Gasteiger partial charge in [0.25, 0.3) is 5.91 Å². The van der Waals surface area contributed by atoms with E-state index in [1.54, 1.807) is 12.1 Å². The quantitative estimate of drug-likeness (QED) is 0.876. The standard InChI is InChI=1S/C13H18ClNO3S/c1-13(2,3)7-8(6-11(16)17)15-12(18)9-4-5-10(14)19-9/h4-5,8H,6-7H2,1-3H3,(H,15,18)(H,16,17). The van der Waals surface area contributed by atoms with Crippen LogP contribution in [0.1, 0.15) is 43.3 Å². The van der Waals surface area contributed by atoms with Crippen molar-refractivity contribution < 1.29 is 14.7 Å². The van der Waals surface area contributed by atoms with Gasteiger partial charge >= 0.3 is 5.97 Å². The number of carbonyl (C=O) groups excluding carboxylic acids is 1. The first-order valence-electron chi connectivity index (χ1n) is 5.95. The SMILES string of the molecule is CC(C)(C)CC(CC(=O)O)NC(=O)c1ccc(Cl)s1. The Hall–Kier alpha value is -1.07. The molecular weight excluding hydrogens is 286 g/mol. The van der Waals surface area contributed by atoms with Crippen molar-refractivity contribution in [1.82, 2.24) is 5.32 Å². The van der Waals surface area contributed by atoms with Crippen LogP contribution in [0, 0.1) is 5.41 Å². The minimum atomic E-state index is -0.918. The highest BCUT2D eigenvalue weighted by Gasteiger charge is 2.23. The smallest absolute Gasteiger partial charge is 0.305 e. The fourth-order valence-corrected chi connectivity index (χ4v) is 2.76. The lowest BCUT2D eigenvalue weighted by atomic mass is 9.87. The zero-order valence-electron chi connectivity index (χ0n) is 11.2. The molecule has 0 bridgehead atoms. The molecule has 0 saturated carbocycles. The molecule has 1 amide bonds. The molecule has 0 aliphatic carbocycles. The topological polar surface area (TPSA) is 66.4 Å². The van der Waals surface area contributed by atoms with Crippen LogP contribution in [0.2, 0.25) is 4.34 Å². The number of hydrogen-bond donors (Lipinski definition) is 2. The summed E-state index contributed by atoms with van der Waals surface area (Å²) in [5.74, 6) is -1.19. The largest absolute Gasteiger partial charge is 0.481 e. The van der Waals surface area contributed by atoms with E-state index in [1.807, 2.05) is 20.8 Å². The van der Waals surface area contributed by atoms with Gasteiger partial charge in [-0.2, -0.15) is 0 Å². The van der Waals surface area contributed by atoms with Gasteiger partial charge in [0.1, 0.15) is 0 Å². The summed E-state index contributed by atoms with van der Waals surface area (Å²) < 4.78 is 0.538. The zero-order chi connectivity index (χ0) is 14.6. The fourth-order valence-electron chi connectivity index (χ4n) is 1.82. The highest BCUT2D eigenvalue weighted by molar-refractivity contribution is 7.17. The van der Waals surface area contributed by atoms with E-state index in [0.717, 1.165) is 0 Å². The van der Waals surface area contributed by atoms with E-state index >= 15 is 0 Å². The molecule has 1 aromatic heterocycles. The summed E-state index contributed by atoms with van der Waals surface area (Å²) in [6.45, 7) is 6.03. The van der Waals surface area contributed by atoms with Crippen LogP contribution < -0.4 is 5.32 Å². The summed E-state index contributed by atoms with van der Waals surface area (Å²) in [6, 6.07) is 2.90. The maximum atomic E-state index is 12.0. The maximum Gasteiger partial charge on any atom is 0.305 e. The van der Waals surface area contributed by atoms with E-state index in [9.17, 15) is 9.59 Å². The van der Waals surface area contributed by atoms with E-state index in [-0.39, 0.29) is 23.8 Å². The van der Waals surface area contributed by atoms with Gasteiger partial charge in [-0.15, -0.1) is 11.3 Å². The Balaban J connectivity index is 2.71. The second-order valence-electron chi connectivity index (χ2n) is 5.64. The van der Waals surface area contributed by atoms with Gasteiger partial charge in [0.05, 0.1) is 15.6 Å². The maximum absolute atomic E-state index is 12.0. The molecule has 0 aliphatic heterocycles. The number of halogens is 1. The molecule has 106 valence electrons. The number of hydrogen-bond acceptors (Lipinski definition) is 3. The molecule has 1 atom stereocenters. The van der Waals surface area contributed by atoms with Gasteiger partial charge in [-0.25, -0.2) is 0 Å². The van der Waals surface area contributed by atoms with Crippen molar-refractivity contribution >= 4 is 34.8 Å². The normalized spacial score (nSPS) is 13.1. The molecule has 0 saturated heterocycles. The van der Waals surface area contributed by atoms with Crippen LogP contribution >= 0.6 is 22.9 Å². The molecule has 0 fully saturated rings. The fraction of sp³-hybridized carbons (Fsp3) is 0.538. The zero-order valence-corrected chi connectivity index (χ0v) is 12.8. The summed E-state index contributed by atoms with van der Waals surface area (Å²) in [5.41, 5.74) is -0.0551. The second-order valence-corrected chi connectivity index (χ2v) is 7.35. The molecule has 19 heavy (non-hydrogen) atoms. The number of nitrogens with one attached hydrogen (secondary N) is 1. The highest BCUT2D eigenvalue weighted by Crippen LogP contribution is 2.24. The van der Waals surface area contributed by atoms with Crippen LogP contribution in [-0.4, -0.2) is 23.0 Å². The number of amides is 1. The molecule has 0 aliphatic rings. The molecule has 1 heterocycles. The Morgan fingerprint density at radius 1 is 1.42 bits per heavy atom. The first-order valence-corrected chi connectivity index (χ1v) is 7.15. The Kier molecular flexibility index (Phi) is 5.38. The molecule has 0 spiro atoms. The predicted octanol–water partition coefficient (Wildman–Crippen LogP) is 3.41. The number of carboxylic acids is 1. The predicted molar refractivity (Wildman–Crippen MR) is 76.9 cm³/mol. The third-order valence-electron chi connectivity index (χ3n) is 2.41. The molecule has 1 unspecified atom stereocenters. The van der Waals surface area contributed by atoms with Crippen molar-refractivity contribution in [2.75, 3.05) is 0 Å². The highest BCUT2D eigenvalue weighted by atomic mass is 35.5.